The third-order valence-corrected chi connectivity index (χ3v) is 6.25. The minimum Gasteiger partial charge on any atom is -0.481 e. The Kier molecular flexibility index (Phi) is 6.82. The van der Waals surface area contributed by atoms with Crippen molar-refractivity contribution >= 4 is 23.7 Å². The number of carbonyl (C=O) groups excluding carboxylic acids is 2. The lowest BCUT2D eigenvalue weighted by molar-refractivity contribution is -0.141. The fourth-order valence-corrected chi connectivity index (χ4v) is 4.17. The van der Waals surface area contributed by atoms with Gasteiger partial charge in [-0.1, -0.05) is 48.5 Å². The van der Waals surface area contributed by atoms with Gasteiger partial charge in [-0.05, 0) is 54.3 Å². The molecule has 7 nitrogen and oxygen atoms in total. The van der Waals surface area contributed by atoms with E-state index in [0.717, 1.165) is 34.4 Å². The lowest BCUT2D eigenvalue weighted by Crippen LogP contribution is -2.40. The van der Waals surface area contributed by atoms with E-state index >= 15 is 0 Å². The number of rotatable bonds is 7. The molecule has 2 atom stereocenters. The second-order valence-corrected chi connectivity index (χ2v) is 8.57. The maximum atomic E-state index is 14.2. The number of benzene rings is 3. The van der Waals surface area contributed by atoms with Gasteiger partial charge in [0.2, 0.25) is 0 Å². The number of hydrogen-bond donors (Lipinski definition) is 3. The molecule has 0 bridgehead atoms. The van der Waals surface area contributed by atoms with Gasteiger partial charge in [-0.3, -0.25) is 14.9 Å². The zero-order valence-electron chi connectivity index (χ0n) is 19.2. The normalized spacial score (nSPS) is 13.8. The largest absolute Gasteiger partial charge is 0.481 e. The molecule has 0 aliphatic heterocycles. The summed E-state index contributed by atoms with van der Waals surface area (Å²) in [5.41, 5.74) is 4.33. The first-order chi connectivity index (χ1) is 16.7. The van der Waals surface area contributed by atoms with Crippen molar-refractivity contribution < 1.29 is 28.6 Å². The van der Waals surface area contributed by atoms with E-state index in [2.05, 4.69) is 10.6 Å². The molecule has 0 saturated carbocycles. The topological polar surface area (TPSA) is 105 Å². The molecule has 8 heteroatoms. The van der Waals surface area contributed by atoms with Gasteiger partial charge in [0, 0.05) is 23.2 Å². The van der Waals surface area contributed by atoms with Crippen LogP contribution >= 0.6 is 0 Å². The number of halogens is 1. The van der Waals surface area contributed by atoms with Gasteiger partial charge in [0.1, 0.15) is 12.4 Å². The van der Waals surface area contributed by atoms with E-state index in [1.165, 1.54) is 13.0 Å². The molecule has 2 unspecified atom stereocenters. The molecule has 35 heavy (non-hydrogen) atoms. The van der Waals surface area contributed by atoms with Gasteiger partial charge >= 0.3 is 12.1 Å². The van der Waals surface area contributed by atoms with Crippen molar-refractivity contribution in [2.45, 2.75) is 25.8 Å². The molecule has 1 aliphatic carbocycles. The molecule has 180 valence electrons. The van der Waals surface area contributed by atoms with Crippen molar-refractivity contribution in [3.05, 3.63) is 89.2 Å². The Bertz CT molecular complexity index is 1250. The van der Waals surface area contributed by atoms with Crippen molar-refractivity contribution in [3.63, 3.8) is 0 Å². The van der Waals surface area contributed by atoms with Crippen LogP contribution in [-0.4, -0.2) is 35.7 Å². The summed E-state index contributed by atoms with van der Waals surface area (Å²) in [7, 11) is 0. The number of hydrogen-bond acceptors (Lipinski definition) is 4. The predicted molar refractivity (Wildman–Crippen MR) is 129 cm³/mol. The van der Waals surface area contributed by atoms with Gasteiger partial charge in [0.05, 0.1) is 5.92 Å². The molecular weight excluding hydrogens is 451 g/mol. The number of aliphatic carboxylic acids is 1. The Hall–Kier alpha value is -4.20. The standard InChI is InChI=1S/C27H25FN2O5/c1-15(26(32)33)16(2)29-25(31)17-11-18(28)13-19(12-17)30-27(34)35-14-24-22-9-5-3-7-20(22)21-8-4-6-10-23(21)24/h3-13,15-16,24H,14H2,1-2H3,(H,29,31)(H,30,34)(H,32,33). The van der Waals surface area contributed by atoms with E-state index in [-0.39, 0.29) is 23.8 Å². The number of ether oxygens (including phenoxy) is 1. The summed E-state index contributed by atoms with van der Waals surface area (Å²) >= 11 is 0. The maximum absolute atomic E-state index is 14.2. The lowest BCUT2D eigenvalue weighted by Gasteiger charge is -2.18. The van der Waals surface area contributed by atoms with Crippen LogP contribution in [0.1, 0.15) is 41.3 Å². The highest BCUT2D eigenvalue weighted by Gasteiger charge is 2.29. The Morgan fingerprint density at radius 1 is 0.971 bits per heavy atom. The lowest BCUT2D eigenvalue weighted by atomic mass is 9.98. The molecule has 3 aromatic carbocycles. The van der Waals surface area contributed by atoms with E-state index in [1.807, 2.05) is 48.5 Å². The average molecular weight is 477 g/mol. The zero-order valence-corrected chi connectivity index (χ0v) is 19.2. The molecule has 0 fully saturated rings. The average Bonchev–Trinajstić information content (AvgIpc) is 3.15. The maximum Gasteiger partial charge on any atom is 0.411 e. The molecule has 0 radical (unpaired) electrons. The summed E-state index contributed by atoms with van der Waals surface area (Å²) in [6.07, 6.45) is -0.781. The Balaban J connectivity index is 1.42. The van der Waals surface area contributed by atoms with Crippen molar-refractivity contribution in [2.24, 2.45) is 5.92 Å². The Labute approximate surface area is 201 Å². The quantitative estimate of drug-likeness (QED) is 0.444. The number of carbonyl (C=O) groups is 3. The summed E-state index contributed by atoms with van der Waals surface area (Å²) in [5.74, 6) is -3.40. The molecule has 0 spiro atoms. The third-order valence-electron chi connectivity index (χ3n) is 6.25. The first kappa shape index (κ1) is 23.9. The highest BCUT2D eigenvalue weighted by Crippen LogP contribution is 2.44. The van der Waals surface area contributed by atoms with Gasteiger partial charge in [-0.15, -0.1) is 0 Å². The van der Waals surface area contributed by atoms with Crippen LogP contribution in [0.25, 0.3) is 11.1 Å². The monoisotopic (exact) mass is 476 g/mol. The molecule has 3 N–H and O–H groups in total. The van der Waals surface area contributed by atoms with Crippen LogP contribution in [0, 0.1) is 11.7 Å². The summed E-state index contributed by atoms with van der Waals surface area (Å²) in [6, 6.07) is 18.6. The number of nitrogens with one attached hydrogen (secondary N) is 2. The van der Waals surface area contributed by atoms with Gasteiger partial charge < -0.3 is 15.2 Å². The molecule has 0 aromatic heterocycles. The van der Waals surface area contributed by atoms with Crippen LogP contribution < -0.4 is 10.6 Å². The molecule has 3 aromatic rings. The number of carboxylic acid groups (broad SMARTS) is 1. The van der Waals surface area contributed by atoms with Gasteiger partial charge in [0.25, 0.3) is 5.91 Å². The summed E-state index contributed by atoms with van der Waals surface area (Å²) in [6.45, 7) is 3.10. The van der Waals surface area contributed by atoms with E-state index in [9.17, 15) is 18.8 Å². The van der Waals surface area contributed by atoms with E-state index in [1.54, 1.807) is 6.92 Å². The number of fused-ring (bicyclic) bond motifs is 3. The Morgan fingerprint density at radius 2 is 1.57 bits per heavy atom. The first-order valence-electron chi connectivity index (χ1n) is 11.2. The smallest absolute Gasteiger partial charge is 0.411 e. The summed E-state index contributed by atoms with van der Waals surface area (Å²) in [5, 5.41) is 14.1. The number of carboxylic acids is 1. The minimum absolute atomic E-state index is 0.0475. The second-order valence-electron chi connectivity index (χ2n) is 8.57. The van der Waals surface area contributed by atoms with Crippen molar-refractivity contribution in [1.82, 2.24) is 5.32 Å². The van der Waals surface area contributed by atoms with Crippen molar-refractivity contribution in [2.75, 3.05) is 11.9 Å². The number of anilines is 1. The fraction of sp³-hybridized carbons (Fsp3) is 0.222. The van der Waals surface area contributed by atoms with Crippen LogP contribution in [0.2, 0.25) is 0 Å². The SMILES string of the molecule is CC(NC(=O)c1cc(F)cc(NC(=O)OCC2c3ccccc3-c3ccccc32)c1)C(C)C(=O)O. The molecule has 0 heterocycles. The molecular formula is C27H25FN2O5. The van der Waals surface area contributed by atoms with Crippen LogP contribution in [0.15, 0.2) is 66.7 Å². The zero-order chi connectivity index (χ0) is 25.1. The summed E-state index contributed by atoms with van der Waals surface area (Å²) < 4.78 is 19.6. The second kappa shape index (κ2) is 9.97. The third kappa shape index (κ3) is 5.16. The van der Waals surface area contributed by atoms with Gasteiger partial charge in [-0.25, -0.2) is 9.18 Å². The van der Waals surface area contributed by atoms with Gasteiger partial charge in [0.15, 0.2) is 0 Å². The number of amides is 2. The van der Waals surface area contributed by atoms with Crippen molar-refractivity contribution in [1.29, 1.82) is 0 Å². The van der Waals surface area contributed by atoms with Gasteiger partial charge in [-0.2, -0.15) is 0 Å². The van der Waals surface area contributed by atoms with Crippen LogP contribution in [0.3, 0.4) is 0 Å². The van der Waals surface area contributed by atoms with Crippen molar-refractivity contribution in [3.8, 4) is 11.1 Å². The molecule has 2 amide bonds. The molecule has 1 aliphatic rings. The Morgan fingerprint density at radius 3 is 2.17 bits per heavy atom. The minimum atomic E-state index is -1.06. The summed E-state index contributed by atoms with van der Waals surface area (Å²) in [4.78, 5) is 36.1. The van der Waals surface area contributed by atoms with Crippen LogP contribution in [0.4, 0.5) is 14.9 Å². The molecule has 0 saturated heterocycles. The highest BCUT2D eigenvalue weighted by atomic mass is 19.1. The van der Waals surface area contributed by atoms with E-state index in [4.69, 9.17) is 9.84 Å². The van der Waals surface area contributed by atoms with Crippen LogP contribution in [-0.2, 0) is 9.53 Å². The van der Waals surface area contributed by atoms with E-state index in [0.29, 0.717) is 0 Å². The van der Waals surface area contributed by atoms with E-state index < -0.39 is 35.7 Å². The fourth-order valence-electron chi connectivity index (χ4n) is 4.17. The highest BCUT2D eigenvalue weighted by molar-refractivity contribution is 5.96. The van der Waals surface area contributed by atoms with Crippen LogP contribution in [0.5, 0.6) is 0 Å². The first-order valence-corrected chi connectivity index (χ1v) is 11.2. The molecule has 4 rings (SSSR count). The predicted octanol–water partition coefficient (Wildman–Crippen LogP) is 5.03.